The van der Waals surface area contributed by atoms with Crippen molar-refractivity contribution in [3.8, 4) is 11.3 Å². The minimum atomic E-state index is 0.862. The summed E-state index contributed by atoms with van der Waals surface area (Å²) in [4.78, 5) is 4.29. The van der Waals surface area contributed by atoms with Crippen LogP contribution in [0.15, 0.2) is 42.6 Å². The summed E-state index contributed by atoms with van der Waals surface area (Å²) in [5.74, 6) is 5.34. The fourth-order valence-corrected chi connectivity index (χ4v) is 1.40. The van der Waals surface area contributed by atoms with Gasteiger partial charge in [-0.05, 0) is 19.1 Å². The number of anilines is 1. The summed E-state index contributed by atoms with van der Waals surface area (Å²) in [7, 11) is 0. The molecule has 15 heavy (non-hydrogen) atoms. The van der Waals surface area contributed by atoms with Crippen LogP contribution in [0, 0.1) is 6.92 Å². The second-order valence-electron chi connectivity index (χ2n) is 3.44. The van der Waals surface area contributed by atoms with Crippen molar-refractivity contribution >= 4 is 5.69 Å². The molecule has 0 fully saturated rings. The van der Waals surface area contributed by atoms with Gasteiger partial charge in [-0.15, -0.1) is 0 Å². The van der Waals surface area contributed by atoms with E-state index in [0.29, 0.717) is 0 Å². The van der Waals surface area contributed by atoms with Crippen LogP contribution in [0.5, 0.6) is 0 Å². The average molecular weight is 199 g/mol. The van der Waals surface area contributed by atoms with Gasteiger partial charge in [0.15, 0.2) is 0 Å². The highest BCUT2D eigenvalue weighted by atomic mass is 15.2. The second kappa shape index (κ2) is 4.11. The molecule has 3 heteroatoms. The van der Waals surface area contributed by atoms with Crippen molar-refractivity contribution in [2.45, 2.75) is 6.92 Å². The molecule has 3 N–H and O–H groups in total. The molecule has 0 saturated heterocycles. The Hall–Kier alpha value is -1.87. The Bertz CT molecular complexity index is 449. The monoisotopic (exact) mass is 199 g/mol. The van der Waals surface area contributed by atoms with E-state index < -0.39 is 0 Å². The normalized spacial score (nSPS) is 10.0. The van der Waals surface area contributed by atoms with E-state index >= 15 is 0 Å². The molecular formula is C12H13N3. The van der Waals surface area contributed by atoms with E-state index in [0.717, 1.165) is 16.9 Å². The van der Waals surface area contributed by atoms with E-state index in [4.69, 9.17) is 5.84 Å². The van der Waals surface area contributed by atoms with Gasteiger partial charge in [-0.3, -0.25) is 10.8 Å². The zero-order valence-electron chi connectivity index (χ0n) is 8.57. The number of aryl methyl sites for hydroxylation is 1. The van der Waals surface area contributed by atoms with Crippen molar-refractivity contribution in [2.24, 2.45) is 5.84 Å². The molecule has 0 saturated carbocycles. The summed E-state index contributed by atoms with van der Waals surface area (Å²) in [6, 6.07) is 12.0. The minimum absolute atomic E-state index is 0.862. The Morgan fingerprint density at radius 2 is 1.87 bits per heavy atom. The summed E-state index contributed by atoms with van der Waals surface area (Å²) in [6.07, 6.45) is 1.74. The number of aromatic nitrogens is 1. The Morgan fingerprint density at radius 1 is 1.13 bits per heavy atom. The number of hydrazine groups is 1. The van der Waals surface area contributed by atoms with E-state index in [9.17, 15) is 0 Å². The van der Waals surface area contributed by atoms with Crippen LogP contribution < -0.4 is 11.3 Å². The van der Waals surface area contributed by atoms with Crippen molar-refractivity contribution in [1.82, 2.24) is 4.98 Å². The molecule has 1 aromatic carbocycles. The standard InChI is InChI=1S/C12H13N3/c1-9-2-4-10(5-3-9)12-8-11(15-13)6-7-14-12/h2-8H,13H2,1H3,(H,14,15). The molecule has 76 valence electrons. The molecule has 0 amide bonds. The molecule has 0 spiro atoms. The summed E-state index contributed by atoms with van der Waals surface area (Å²) >= 11 is 0. The fourth-order valence-electron chi connectivity index (χ4n) is 1.40. The zero-order chi connectivity index (χ0) is 10.7. The lowest BCUT2D eigenvalue weighted by molar-refractivity contribution is 1.28. The SMILES string of the molecule is Cc1ccc(-c2cc(NN)ccn2)cc1. The second-order valence-corrected chi connectivity index (χ2v) is 3.44. The third kappa shape index (κ3) is 2.14. The predicted molar refractivity (Wildman–Crippen MR) is 62.2 cm³/mol. The van der Waals surface area contributed by atoms with Gasteiger partial charge in [-0.25, -0.2) is 0 Å². The van der Waals surface area contributed by atoms with E-state index in [1.54, 1.807) is 6.20 Å². The topological polar surface area (TPSA) is 50.9 Å². The molecule has 0 atom stereocenters. The Balaban J connectivity index is 2.40. The van der Waals surface area contributed by atoms with Crippen LogP contribution >= 0.6 is 0 Å². The van der Waals surface area contributed by atoms with Gasteiger partial charge in [-0.1, -0.05) is 29.8 Å². The third-order valence-electron chi connectivity index (χ3n) is 2.27. The number of hydrogen-bond donors (Lipinski definition) is 2. The summed E-state index contributed by atoms with van der Waals surface area (Å²) in [5.41, 5.74) is 6.73. The maximum atomic E-state index is 5.34. The number of pyridine rings is 1. The number of benzene rings is 1. The van der Waals surface area contributed by atoms with Gasteiger partial charge in [0.2, 0.25) is 0 Å². The van der Waals surface area contributed by atoms with E-state index in [1.807, 2.05) is 12.1 Å². The molecule has 0 bridgehead atoms. The van der Waals surface area contributed by atoms with Crippen LogP contribution in [0.25, 0.3) is 11.3 Å². The van der Waals surface area contributed by atoms with E-state index in [2.05, 4.69) is 41.6 Å². The first-order valence-corrected chi connectivity index (χ1v) is 4.79. The Labute approximate surface area is 88.9 Å². The lowest BCUT2D eigenvalue weighted by Crippen LogP contribution is -2.06. The van der Waals surface area contributed by atoms with Crippen molar-refractivity contribution in [3.05, 3.63) is 48.2 Å². The van der Waals surface area contributed by atoms with Crippen molar-refractivity contribution < 1.29 is 0 Å². The number of nitrogen functional groups attached to an aromatic ring is 1. The van der Waals surface area contributed by atoms with Crippen LogP contribution in [-0.2, 0) is 0 Å². The van der Waals surface area contributed by atoms with Gasteiger partial charge in [0.1, 0.15) is 0 Å². The maximum Gasteiger partial charge on any atom is 0.0723 e. The molecule has 0 aliphatic carbocycles. The highest BCUT2D eigenvalue weighted by Crippen LogP contribution is 2.19. The number of nitrogens with zero attached hydrogens (tertiary/aromatic N) is 1. The highest BCUT2D eigenvalue weighted by molar-refractivity contribution is 5.63. The summed E-state index contributed by atoms with van der Waals surface area (Å²) in [6.45, 7) is 2.06. The van der Waals surface area contributed by atoms with Crippen LogP contribution in [-0.4, -0.2) is 4.98 Å². The first kappa shape index (κ1) is 9.68. The summed E-state index contributed by atoms with van der Waals surface area (Å²) in [5, 5.41) is 0. The van der Waals surface area contributed by atoms with Crippen LogP contribution in [0.3, 0.4) is 0 Å². The number of hydrogen-bond acceptors (Lipinski definition) is 3. The van der Waals surface area contributed by atoms with Crippen molar-refractivity contribution in [1.29, 1.82) is 0 Å². The Morgan fingerprint density at radius 3 is 2.53 bits per heavy atom. The lowest BCUT2D eigenvalue weighted by Gasteiger charge is -2.04. The van der Waals surface area contributed by atoms with Crippen LogP contribution in [0.1, 0.15) is 5.56 Å². The van der Waals surface area contributed by atoms with Crippen LogP contribution in [0.4, 0.5) is 5.69 Å². The average Bonchev–Trinajstić information content (AvgIpc) is 2.30. The molecule has 2 rings (SSSR count). The van der Waals surface area contributed by atoms with Gasteiger partial charge in [0.05, 0.1) is 11.4 Å². The van der Waals surface area contributed by atoms with Gasteiger partial charge in [0, 0.05) is 11.8 Å². The zero-order valence-corrected chi connectivity index (χ0v) is 8.57. The molecule has 0 aliphatic heterocycles. The fraction of sp³-hybridized carbons (Fsp3) is 0.0833. The van der Waals surface area contributed by atoms with Gasteiger partial charge in [0.25, 0.3) is 0 Å². The third-order valence-corrected chi connectivity index (χ3v) is 2.27. The first-order valence-electron chi connectivity index (χ1n) is 4.79. The van der Waals surface area contributed by atoms with Crippen molar-refractivity contribution in [2.75, 3.05) is 5.43 Å². The number of nitrogens with one attached hydrogen (secondary N) is 1. The molecular weight excluding hydrogens is 186 g/mol. The van der Waals surface area contributed by atoms with Crippen molar-refractivity contribution in [3.63, 3.8) is 0 Å². The van der Waals surface area contributed by atoms with E-state index in [-0.39, 0.29) is 0 Å². The largest absolute Gasteiger partial charge is 0.324 e. The van der Waals surface area contributed by atoms with Gasteiger partial charge in [-0.2, -0.15) is 0 Å². The first-order chi connectivity index (χ1) is 7.29. The van der Waals surface area contributed by atoms with Crippen LogP contribution in [0.2, 0.25) is 0 Å². The molecule has 0 radical (unpaired) electrons. The number of rotatable bonds is 2. The molecule has 1 aromatic heterocycles. The maximum absolute atomic E-state index is 5.34. The molecule has 0 aliphatic rings. The molecule has 0 unspecified atom stereocenters. The molecule has 3 nitrogen and oxygen atoms in total. The highest BCUT2D eigenvalue weighted by Gasteiger charge is 1.99. The van der Waals surface area contributed by atoms with E-state index in [1.165, 1.54) is 5.56 Å². The number of nitrogens with two attached hydrogens (primary N) is 1. The van der Waals surface area contributed by atoms with Gasteiger partial charge >= 0.3 is 0 Å². The Kier molecular flexibility index (Phi) is 2.65. The minimum Gasteiger partial charge on any atom is -0.324 e. The predicted octanol–water partition coefficient (Wildman–Crippen LogP) is 2.34. The lowest BCUT2D eigenvalue weighted by atomic mass is 10.1. The molecule has 1 heterocycles. The summed E-state index contributed by atoms with van der Waals surface area (Å²) < 4.78 is 0. The smallest absolute Gasteiger partial charge is 0.0723 e. The van der Waals surface area contributed by atoms with Gasteiger partial charge < -0.3 is 5.43 Å². The quantitative estimate of drug-likeness (QED) is 0.576. The molecule has 2 aromatic rings.